The van der Waals surface area contributed by atoms with E-state index < -0.39 is 0 Å². The summed E-state index contributed by atoms with van der Waals surface area (Å²) in [5, 5.41) is 0. The van der Waals surface area contributed by atoms with E-state index in [2.05, 4.69) is 65.8 Å². The molecule has 1 aliphatic heterocycles. The van der Waals surface area contributed by atoms with Crippen LogP contribution in [-0.4, -0.2) is 39.6 Å². The van der Waals surface area contributed by atoms with Gasteiger partial charge in [0, 0.05) is 31.5 Å². The summed E-state index contributed by atoms with van der Waals surface area (Å²) in [6, 6.07) is 17.2. The molecule has 1 saturated heterocycles. The summed E-state index contributed by atoms with van der Waals surface area (Å²) in [6.45, 7) is 6.85. The van der Waals surface area contributed by atoms with Crippen molar-refractivity contribution in [2.45, 2.75) is 89.6 Å². The zero-order valence-electron chi connectivity index (χ0n) is 21.3. The highest BCUT2D eigenvalue weighted by molar-refractivity contribution is 5.81. The van der Waals surface area contributed by atoms with Crippen molar-refractivity contribution in [1.29, 1.82) is 0 Å². The van der Waals surface area contributed by atoms with E-state index in [0.717, 1.165) is 55.9 Å². The molecule has 2 heterocycles. The zero-order valence-corrected chi connectivity index (χ0v) is 21.3. The molecular formula is C30H39N3O2. The summed E-state index contributed by atoms with van der Waals surface area (Å²) in [6.07, 6.45) is 8.73. The molecule has 2 aliphatic rings. The lowest BCUT2D eigenvalue weighted by Gasteiger charge is -2.31. The number of unbranched alkanes of at least 4 members (excludes halogenated alkanes) is 1. The van der Waals surface area contributed by atoms with Gasteiger partial charge < -0.3 is 14.2 Å². The number of ether oxygens (including phenoxy) is 1. The monoisotopic (exact) mass is 473 g/mol. The molecule has 0 spiro atoms. The van der Waals surface area contributed by atoms with Crippen LogP contribution < -0.4 is 4.74 Å². The quantitative estimate of drug-likeness (QED) is 0.326. The number of benzene rings is 2. The molecule has 2 fully saturated rings. The van der Waals surface area contributed by atoms with Crippen molar-refractivity contribution < 1.29 is 9.53 Å². The lowest BCUT2D eigenvalue weighted by atomic mass is 9.94. The van der Waals surface area contributed by atoms with Gasteiger partial charge in [-0.05, 0) is 55.4 Å². The van der Waals surface area contributed by atoms with Gasteiger partial charge in [0.05, 0.1) is 17.6 Å². The molecule has 0 radical (unpaired) electrons. The van der Waals surface area contributed by atoms with Gasteiger partial charge in [0.1, 0.15) is 11.6 Å². The Hall–Kier alpha value is -2.82. The SMILES string of the molecule is CC(C)c1ccccc1OCCCCn1c(C2CC(=O)N(C3CCCCC3)C2)nc2ccccc21. The van der Waals surface area contributed by atoms with Crippen LogP contribution in [0.4, 0.5) is 0 Å². The predicted molar refractivity (Wildman–Crippen MR) is 141 cm³/mol. The molecule has 1 unspecified atom stereocenters. The fourth-order valence-electron chi connectivity index (χ4n) is 5.93. The van der Waals surface area contributed by atoms with Crippen LogP contribution in [0, 0.1) is 0 Å². The van der Waals surface area contributed by atoms with Crippen LogP contribution in [0.3, 0.4) is 0 Å². The first kappa shape index (κ1) is 23.9. The molecule has 1 amide bonds. The maximum Gasteiger partial charge on any atom is 0.223 e. The van der Waals surface area contributed by atoms with Gasteiger partial charge in [0.15, 0.2) is 0 Å². The van der Waals surface area contributed by atoms with Crippen molar-refractivity contribution in [3.63, 3.8) is 0 Å². The second kappa shape index (κ2) is 10.8. The number of para-hydroxylation sites is 3. The summed E-state index contributed by atoms with van der Waals surface area (Å²) in [5.41, 5.74) is 3.48. The van der Waals surface area contributed by atoms with Gasteiger partial charge in [0.25, 0.3) is 0 Å². The van der Waals surface area contributed by atoms with E-state index in [-0.39, 0.29) is 5.92 Å². The largest absolute Gasteiger partial charge is 0.493 e. The Morgan fingerprint density at radius 3 is 2.60 bits per heavy atom. The van der Waals surface area contributed by atoms with E-state index in [9.17, 15) is 4.79 Å². The number of carbonyl (C=O) groups excluding carboxylic acids is 1. The lowest BCUT2D eigenvalue weighted by molar-refractivity contribution is -0.130. The number of carbonyl (C=O) groups is 1. The van der Waals surface area contributed by atoms with E-state index in [0.29, 0.717) is 30.9 Å². The fraction of sp³-hybridized carbons (Fsp3) is 0.533. The standard InChI is InChI=1S/C30H39N3O2/c1-22(2)25-14-6-9-17-28(25)35-19-11-10-18-32-27-16-8-7-15-26(27)31-30(32)23-20-29(34)33(21-23)24-12-4-3-5-13-24/h6-9,14-17,22-24H,3-5,10-13,18-21H2,1-2H3. The van der Waals surface area contributed by atoms with Crippen molar-refractivity contribution in [3.8, 4) is 5.75 Å². The highest BCUT2D eigenvalue weighted by Crippen LogP contribution is 2.35. The average Bonchev–Trinajstić information content (AvgIpc) is 3.45. The topological polar surface area (TPSA) is 47.4 Å². The molecule has 5 heteroatoms. The maximum atomic E-state index is 13.0. The molecule has 186 valence electrons. The molecule has 3 aromatic rings. The van der Waals surface area contributed by atoms with Gasteiger partial charge in [-0.2, -0.15) is 0 Å². The predicted octanol–water partition coefficient (Wildman–Crippen LogP) is 6.67. The van der Waals surface area contributed by atoms with Gasteiger partial charge in [-0.3, -0.25) is 4.79 Å². The maximum absolute atomic E-state index is 13.0. The summed E-state index contributed by atoms with van der Waals surface area (Å²) in [5.74, 6) is 3.05. The first-order chi connectivity index (χ1) is 17.1. The number of hydrogen-bond donors (Lipinski definition) is 0. The summed E-state index contributed by atoms with van der Waals surface area (Å²) >= 11 is 0. The van der Waals surface area contributed by atoms with Crippen molar-refractivity contribution in [3.05, 3.63) is 59.9 Å². The van der Waals surface area contributed by atoms with E-state index >= 15 is 0 Å². The number of aryl methyl sites for hydroxylation is 1. The van der Waals surface area contributed by atoms with Crippen LogP contribution in [0.5, 0.6) is 5.75 Å². The summed E-state index contributed by atoms with van der Waals surface area (Å²) in [4.78, 5) is 20.2. The molecule has 5 nitrogen and oxygen atoms in total. The van der Waals surface area contributed by atoms with E-state index in [4.69, 9.17) is 9.72 Å². The summed E-state index contributed by atoms with van der Waals surface area (Å²) < 4.78 is 8.53. The molecule has 1 atom stereocenters. The fourth-order valence-corrected chi connectivity index (χ4v) is 5.93. The number of aromatic nitrogens is 2. The molecule has 1 aliphatic carbocycles. The third kappa shape index (κ3) is 5.24. The number of hydrogen-bond acceptors (Lipinski definition) is 3. The molecular weight excluding hydrogens is 434 g/mol. The highest BCUT2D eigenvalue weighted by Gasteiger charge is 2.37. The first-order valence-corrected chi connectivity index (χ1v) is 13.6. The smallest absolute Gasteiger partial charge is 0.223 e. The minimum atomic E-state index is 0.186. The van der Waals surface area contributed by atoms with Crippen LogP contribution in [0.2, 0.25) is 0 Å². The Morgan fingerprint density at radius 1 is 1.00 bits per heavy atom. The Bertz CT molecular complexity index is 1150. The molecule has 2 aromatic carbocycles. The number of nitrogens with zero attached hydrogens (tertiary/aromatic N) is 3. The number of imidazole rings is 1. The number of amides is 1. The van der Waals surface area contributed by atoms with Crippen LogP contribution in [0.1, 0.15) is 88.4 Å². The lowest BCUT2D eigenvalue weighted by Crippen LogP contribution is -2.37. The van der Waals surface area contributed by atoms with Crippen LogP contribution in [0.25, 0.3) is 11.0 Å². The van der Waals surface area contributed by atoms with Crippen molar-refractivity contribution in [1.82, 2.24) is 14.5 Å². The van der Waals surface area contributed by atoms with Gasteiger partial charge >= 0.3 is 0 Å². The van der Waals surface area contributed by atoms with Crippen LogP contribution in [-0.2, 0) is 11.3 Å². The third-order valence-electron chi connectivity index (χ3n) is 7.80. The Balaban J connectivity index is 1.25. The van der Waals surface area contributed by atoms with Gasteiger partial charge in [0.2, 0.25) is 5.91 Å². The molecule has 5 rings (SSSR count). The van der Waals surface area contributed by atoms with Gasteiger partial charge in [-0.25, -0.2) is 4.98 Å². The molecule has 1 aromatic heterocycles. The van der Waals surface area contributed by atoms with Gasteiger partial charge in [-0.1, -0.05) is 63.4 Å². The van der Waals surface area contributed by atoms with E-state index in [1.165, 1.54) is 30.3 Å². The van der Waals surface area contributed by atoms with Gasteiger partial charge in [-0.15, -0.1) is 0 Å². The second-order valence-corrected chi connectivity index (χ2v) is 10.6. The van der Waals surface area contributed by atoms with Crippen LogP contribution in [0.15, 0.2) is 48.5 Å². The van der Waals surface area contributed by atoms with Crippen molar-refractivity contribution >= 4 is 16.9 Å². The normalized spacial score (nSPS) is 19.2. The van der Waals surface area contributed by atoms with E-state index in [1.807, 2.05) is 6.07 Å². The average molecular weight is 474 g/mol. The van der Waals surface area contributed by atoms with Crippen molar-refractivity contribution in [2.75, 3.05) is 13.2 Å². The van der Waals surface area contributed by atoms with E-state index in [1.54, 1.807) is 0 Å². The molecule has 0 bridgehead atoms. The number of fused-ring (bicyclic) bond motifs is 1. The van der Waals surface area contributed by atoms with Crippen LogP contribution >= 0.6 is 0 Å². The molecule has 35 heavy (non-hydrogen) atoms. The number of rotatable bonds is 9. The zero-order chi connectivity index (χ0) is 24.2. The summed E-state index contributed by atoms with van der Waals surface area (Å²) in [7, 11) is 0. The third-order valence-corrected chi connectivity index (χ3v) is 7.80. The Labute approximate surface area is 209 Å². The highest BCUT2D eigenvalue weighted by atomic mass is 16.5. The molecule has 0 N–H and O–H groups in total. The Kier molecular flexibility index (Phi) is 7.40. The minimum absolute atomic E-state index is 0.186. The first-order valence-electron chi connectivity index (χ1n) is 13.6. The second-order valence-electron chi connectivity index (χ2n) is 10.6. The molecule has 1 saturated carbocycles. The van der Waals surface area contributed by atoms with Crippen molar-refractivity contribution in [2.24, 2.45) is 0 Å². The minimum Gasteiger partial charge on any atom is -0.493 e. The number of likely N-dealkylation sites (tertiary alicyclic amines) is 1. The Morgan fingerprint density at radius 2 is 1.77 bits per heavy atom.